The molecule has 134 valence electrons. The predicted octanol–water partition coefficient (Wildman–Crippen LogP) is 2.29. The number of nitrogens with one attached hydrogen (secondary N) is 2. The Morgan fingerprint density at radius 3 is 2.77 bits per heavy atom. The van der Waals surface area contributed by atoms with Crippen molar-refractivity contribution in [2.24, 2.45) is 0 Å². The number of rotatable bonds is 5. The van der Waals surface area contributed by atoms with E-state index in [1.54, 1.807) is 24.3 Å². The Morgan fingerprint density at radius 2 is 1.92 bits per heavy atom. The van der Waals surface area contributed by atoms with E-state index in [4.69, 9.17) is 14.2 Å². The maximum absolute atomic E-state index is 12.1. The molecule has 2 amide bonds. The molecule has 0 aromatic heterocycles. The highest BCUT2D eigenvalue weighted by Gasteiger charge is 2.16. The Balaban J connectivity index is 1.56. The number of para-hydroxylation sites is 1. The van der Waals surface area contributed by atoms with Gasteiger partial charge in [-0.3, -0.25) is 20.4 Å². The lowest BCUT2D eigenvalue weighted by atomic mass is 10.2. The highest BCUT2D eigenvalue weighted by molar-refractivity contribution is 5.98. The second kappa shape index (κ2) is 8.06. The Morgan fingerprint density at radius 1 is 1.12 bits per heavy atom. The van der Waals surface area contributed by atoms with Crippen molar-refractivity contribution in [1.29, 1.82) is 0 Å². The van der Waals surface area contributed by atoms with Gasteiger partial charge in [0.05, 0.1) is 6.61 Å². The molecule has 1 heterocycles. The first kappa shape index (κ1) is 17.3. The number of ether oxygens (including phenoxy) is 3. The second-order valence-corrected chi connectivity index (χ2v) is 5.32. The number of carbonyl (C=O) groups is 2. The number of hydrazine groups is 1. The molecule has 0 atom stereocenters. The van der Waals surface area contributed by atoms with Gasteiger partial charge in [-0.1, -0.05) is 18.2 Å². The minimum absolute atomic E-state index is 0.130. The summed E-state index contributed by atoms with van der Waals surface area (Å²) in [5.41, 5.74) is 5.80. The topological polar surface area (TPSA) is 85.9 Å². The van der Waals surface area contributed by atoms with Gasteiger partial charge in [-0.15, -0.1) is 0 Å². The SMILES string of the molecule is CCOc1ccccc1/C=C/C(=O)NNC(=O)c1ccc2c(c1)OCO2. The first-order valence-electron chi connectivity index (χ1n) is 8.07. The number of hydrogen-bond acceptors (Lipinski definition) is 5. The monoisotopic (exact) mass is 354 g/mol. The van der Waals surface area contributed by atoms with Crippen LogP contribution >= 0.6 is 0 Å². The van der Waals surface area contributed by atoms with Crippen LogP contribution in [0.25, 0.3) is 6.08 Å². The fourth-order valence-corrected chi connectivity index (χ4v) is 2.34. The van der Waals surface area contributed by atoms with Gasteiger partial charge in [0, 0.05) is 17.2 Å². The lowest BCUT2D eigenvalue weighted by molar-refractivity contribution is -0.117. The van der Waals surface area contributed by atoms with Crippen molar-refractivity contribution in [3.8, 4) is 17.2 Å². The molecule has 0 spiro atoms. The van der Waals surface area contributed by atoms with E-state index in [0.29, 0.717) is 29.4 Å². The highest BCUT2D eigenvalue weighted by atomic mass is 16.7. The molecule has 7 nitrogen and oxygen atoms in total. The van der Waals surface area contributed by atoms with Gasteiger partial charge >= 0.3 is 0 Å². The average molecular weight is 354 g/mol. The van der Waals surface area contributed by atoms with E-state index in [1.807, 2.05) is 31.2 Å². The zero-order chi connectivity index (χ0) is 18.4. The standard InChI is InChI=1S/C19H18N2O5/c1-2-24-15-6-4-3-5-13(15)8-10-18(22)20-21-19(23)14-7-9-16-17(11-14)26-12-25-16/h3-11H,2,12H2,1H3,(H,20,22)(H,21,23)/b10-8+. The van der Waals surface area contributed by atoms with E-state index < -0.39 is 11.8 Å². The number of amides is 2. The lowest BCUT2D eigenvalue weighted by Crippen LogP contribution is -2.40. The van der Waals surface area contributed by atoms with E-state index in [0.717, 1.165) is 5.56 Å². The molecule has 2 aromatic rings. The Kier molecular flexibility index (Phi) is 5.38. The van der Waals surface area contributed by atoms with E-state index >= 15 is 0 Å². The Hall–Kier alpha value is -3.48. The summed E-state index contributed by atoms with van der Waals surface area (Å²) in [6, 6.07) is 12.1. The van der Waals surface area contributed by atoms with Crippen LogP contribution in [0.15, 0.2) is 48.5 Å². The zero-order valence-corrected chi connectivity index (χ0v) is 14.2. The lowest BCUT2D eigenvalue weighted by Gasteiger charge is -2.07. The second-order valence-electron chi connectivity index (χ2n) is 5.32. The van der Waals surface area contributed by atoms with Crippen LogP contribution < -0.4 is 25.1 Å². The maximum Gasteiger partial charge on any atom is 0.269 e. The molecule has 2 aromatic carbocycles. The third-order valence-corrected chi connectivity index (χ3v) is 3.57. The van der Waals surface area contributed by atoms with Crippen LogP contribution in [0.3, 0.4) is 0 Å². The summed E-state index contributed by atoms with van der Waals surface area (Å²) in [6.07, 6.45) is 2.94. The third kappa shape index (κ3) is 4.13. The predicted molar refractivity (Wildman–Crippen MR) is 94.8 cm³/mol. The van der Waals surface area contributed by atoms with Crippen LogP contribution in [0.5, 0.6) is 17.2 Å². The van der Waals surface area contributed by atoms with Crippen molar-refractivity contribution >= 4 is 17.9 Å². The molecule has 7 heteroatoms. The molecule has 26 heavy (non-hydrogen) atoms. The number of fused-ring (bicyclic) bond motifs is 1. The first-order valence-corrected chi connectivity index (χ1v) is 8.07. The molecule has 0 aliphatic carbocycles. The van der Waals surface area contributed by atoms with Crippen molar-refractivity contribution in [3.63, 3.8) is 0 Å². The molecular formula is C19H18N2O5. The molecule has 0 radical (unpaired) electrons. The van der Waals surface area contributed by atoms with Gasteiger partial charge < -0.3 is 14.2 Å². The van der Waals surface area contributed by atoms with E-state index in [2.05, 4.69) is 10.9 Å². The summed E-state index contributed by atoms with van der Waals surface area (Å²) in [4.78, 5) is 24.0. The summed E-state index contributed by atoms with van der Waals surface area (Å²) < 4.78 is 15.9. The van der Waals surface area contributed by atoms with Crippen molar-refractivity contribution in [1.82, 2.24) is 10.9 Å². The van der Waals surface area contributed by atoms with Crippen molar-refractivity contribution in [3.05, 3.63) is 59.7 Å². The summed E-state index contributed by atoms with van der Waals surface area (Å²) in [6.45, 7) is 2.55. The Bertz CT molecular complexity index is 848. The minimum atomic E-state index is -0.467. The van der Waals surface area contributed by atoms with Crippen molar-refractivity contribution < 1.29 is 23.8 Å². The van der Waals surface area contributed by atoms with E-state index in [-0.39, 0.29) is 6.79 Å². The molecule has 2 N–H and O–H groups in total. The van der Waals surface area contributed by atoms with Gasteiger partial charge in [0.15, 0.2) is 11.5 Å². The van der Waals surface area contributed by atoms with Crippen molar-refractivity contribution in [2.45, 2.75) is 6.92 Å². The largest absolute Gasteiger partial charge is 0.493 e. The van der Waals surface area contributed by atoms with Crippen LogP contribution in [0.4, 0.5) is 0 Å². The minimum Gasteiger partial charge on any atom is -0.493 e. The average Bonchev–Trinajstić information content (AvgIpc) is 3.13. The fourth-order valence-electron chi connectivity index (χ4n) is 2.34. The van der Waals surface area contributed by atoms with Gasteiger partial charge in [0.1, 0.15) is 5.75 Å². The summed E-state index contributed by atoms with van der Waals surface area (Å²) >= 11 is 0. The van der Waals surface area contributed by atoms with Gasteiger partial charge in [-0.25, -0.2) is 0 Å². The third-order valence-electron chi connectivity index (χ3n) is 3.57. The highest BCUT2D eigenvalue weighted by Crippen LogP contribution is 2.32. The maximum atomic E-state index is 12.1. The normalized spacial score (nSPS) is 12.0. The van der Waals surface area contributed by atoms with Crippen LogP contribution in [-0.4, -0.2) is 25.2 Å². The molecule has 1 aliphatic heterocycles. The summed E-state index contributed by atoms with van der Waals surface area (Å²) in [7, 11) is 0. The number of benzene rings is 2. The molecular weight excluding hydrogens is 336 g/mol. The molecule has 1 aliphatic rings. The summed E-state index contributed by atoms with van der Waals surface area (Å²) in [5, 5.41) is 0. The van der Waals surface area contributed by atoms with Gasteiger partial charge in [0.2, 0.25) is 6.79 Å². The molecule has 0 bridgehead atoms. The van der Waals surface area contributed by atoms with Crippen LogP contribution in [-0.2, 0) is 4.79 Å². The number of carbonyl (C=O) groups excluding carboxylic acids is 2. The fraction of sp³-hybridized carbons (Fsp3) is 0.158. The molecule has 3 rings (SSSR count). The van der Waals surface area contributed by atoms with Crippen LogP contribution in [0.1, 0.15) is 22.8 Å². The molecule has 0 unspecified atom stereocenters. The summed E-state index contributed by atoms with van der Waals surface area (Å²) in [5.74, 6) is 0.839. The Labute approximate surface area is 150 Å². The molecule has 0 saturated carbocycles. The van der Waals surface area contributed by atoms with E-state index in [1.165, 1.54) is 6.08 Å². The smallest absolute Gasteiger partial charge is 0.269 e. The van der Waals surface area contributed by atoms with Crippen molar-refractivity contribution in [2.75, 3.05) is 13.4 Å². The van der Waals surface area contributed by atoms with Gasteiger partial charge in [-0.05, 0) is 37.3 Å². The zero-order valence-electron chi connectivity index (χ0n) is 14.2. The van der Waals surface area contributed by atoms with Crippen LogP contribution in [0, 0.1) is 0 Å². The molecule has 0 saturated heterocycles. The first-order chi connectivity index (χ1) is 12.7. The van der Waals surface area contributed by atoms with Crippen LogP contribution in [0.2, 0.25) is 0 Å². The quantitative estimate of drug-likeness (QED) is 0.636. The van der Waals surface area contributed by atoms with E-state index in [9.17, 15) is 9.59 Å². The number of hydrogen-bond donors (Lipinski definition) is 2. The molecule has 0 fully saturated rings. The van der Waals surface area contributed by atoms with Gasteiger partial charge in [0.25, 0.3) is 11.8 Å². The van der Waals surface area contributed by atoms with Gasteiger partial charge in [-0.2, -0.15) is 0 Å².